The van der Waals surface area contributed by atoms with Crippen LogP contribution < -0.4 is 16.0 Å². The molecule has 25 heavy (non-hydrogen) atoms. The number of benzene rings is 1. The van der Waals surface area contributed by atoms with Crippen LogP contribution in [0.25, 0.3) is 0 Å². The Morgan fingerprint density at radius 2 is 2.16 bits per heavy atom. The lowest BCUT2D eigenvalue weighted by molar-refractivity contribution is -0.117. The topological polar surface area (TPSA) is 70.2 Å². The van der Waals surface area contributed by atoms with Crippen molar-refractivity contribution in [3.63, 3.8) is 0 Å². The highest BCUT2D eigenvalue weighted by molar-refractivity contribution is 6.31. The van der Waals surface area contributed by atoms with Gasteiger partial charge in [-0.05, 0) is 62.9 Å². The summed E-state index contributed by atoms with van der Waals surface area (Å²) < 4.78 is 0. The van der Waals surface area contributed by atoms with Crippen LogP contribution in [0.4, 0.5) is 5.69 Å². The Morgan fingerprint density at radius 1 is 1.40 bits per heavy atom. The molecule has 1 fully saturated rings. The minimum atomic E-state index is -0.214. The molecule has 140 valence electrons. The third-order valence-corrected chi connectivity index (χ3v) is 4.72. The van der Waals surface area contributed by atoms with E-state index in [1.165, 1.54) is 0 Å². The summed E-state index contributed by atoms with van der Waals surface area (Å²) in [7, 11) is 0. The van der Waals surface area contributed by atoms with E-state index in [2.05, 4.69) is 22.9 Å². The van der Waals surface area contributed by atoms with Crippen molar-refractivity contribution in [2.45, 2.75) is 33.1 Å². The molecule has 5 nitrogen and oxygen atoms in total. The van der Waals surface area contributed by atoms with E-state index in [1.807, 2.05) is 6.92 Å². The van der Waals surface area contributed by atoms with Gasteiger partial charge in [-0.1, -0.05) is 18.5 Å². The molecule has 1 heterocycles. The molecule has 1 aliphatic heterocycles. The Balaban J connectivity index is 0.00000312. The Kier molecular flexibility index (Phi) is 9.25. The number of amides is 2. The molecular formula is C18H27Cl2N3O2. The third kappa shape index (κ3) is 6.49. The first kappa shape index (κ1) is 21.7. The zero-order valence-corrected chi connectivity index (χ0v) is 16.3. The second-order valence-electron chi connectivity index (χ2n) is 6.39. The lowest BCUT2D eigenvalue weighted by Crippen LogP contribution is -2.34. The van der Waals surface area contributed by atoms with Crippen LogP contribution in [-0.4, -0.2) is 31.4 Å². The SMILES string of the molecule is CCNC(=O)c1ccc(Cl)cc1NC(=O)CC(C)C1CCCNC1.Cl. The van der Waals surface area contributed by atoms with Crippen LogP contribution in [-0.2, 0) is 4.79 Å². The van der Waals surface area contributed by atoms with Gasteiger partial charge in [-0.25, -0.2) is 0 Å². The van der Waals surface area contributed by atoms with Gasteiger partial charge in [0.2, 0.25) is 5.91 Å². The molecule has 0 saturated carbocycles. The number of anilines is 1. The van der Waals surface area contributed by atoms with Crippen molar-refractivity contribution >= 4 is 41.5 Å². The van der Waals surface area contributed by atoms with Gasteiger partial charge in [-0.2, -0.15) is 0 Å². The zero-order chi connectivity index (χ0) is 17.5. The molecule has 0 bridgehead atoms. The average molecular weight is 388 g/mol. The minimum absolute atomic E-state index is 0. The van der Waals surface area contributed by atoms with Gasteiger partial charge in [0.25, 0.3) is 5.91 Å². The third-order valence-electron chi connectivity index (χ3n) is 4.48. The monoisotopic (exact) mass is 387 g/mol. The summed E-state index contributed by atoms with van der Waals surface area (Å²) in [5.74, 6) is 0.520. The van der Waals surface area contributed by atoms with Crippen molar-refractivity contribution in [1.82, 2.24) is 10.6 Å². The molecule has 1 saturated heterocycles. The number of hydrogen-bond donors (Lipinski definition) is 3. The zero-order valence-electron chi connectivity index (χ0n) is 14.7. The van der Waals surface area contributed by atoms with Gasteiger partial charge < -0.3 is 16.0 Å². The van der Waals surface area contributed by atoms with Gasteiger partial charge in [0, 0.05) is 18.0 Å². The Hall–Kier alpha value is -1.30. The summed E-state index contributed by atoms with van der Waals surface area (Å²) in [4.78, 5) is 24.5. The van der Waals surface area contributed by atoms with E-state index in [9.17, 15) is 9.59 Å². The predicted molar refractivity (Wildman–Crippen MR) is 105 cm³/mol. The van der Waals surface area contributed by atoms with E-state index in [1.54, 1.807) is 18.2 Å². The predicted octanol–water partition coefficient (Wildman–Crippen LogP) is 3.48. The fraction of sp³-hybridized carbons (Fsp3) is 0.556. The molecule has 3 N–H and O–H groups in total. The molecule has 1 aromatic carbocycles. The number of carbonyl (C=O) groups is 2. The summed E-state index contributed by atoms with van der Waals surface area (Å²) in [6.45, 7) is 6.52. The van der Waals surface area contributed by atoms with Crippen molar-refractivity contribution in [2.75, 3.05) is 25.0 Å². The second-order valence-corrected chi connectivity index (χ2v) is 6.82. The van der Waals surface area contributed by atoms with Gasteiger partial charge in [-0.15, -0.1) is 12.4 Å². The molecular weight excluding hydrogens is 361 g/mol. The van der Waals surface area contributed by atoms with Crippen LogP contribution >= 0.6 is 24.0 Å². The number of halogens is 2. The van der Waals surface area contributed by atoms with Crippen LogP contribution in [0.3, 0.4) is 0 Å². The molecule has 0 aromatic heterocycles. The Labute approximate surface area is 160 Å². The number of hydrogen-bond acceptors (Lipinski definition) is 3. The maximum Gasteiger partial charge on any atom is 0.253 e. The van der Waals surface area contributed by atoms with Crippen molar-refractivity contribution < 1.29 is 9.59 Å². The standard InChI is InChI=1S/C18H26ClN3O2.ClH/c1-3-21-18(24)15-7-6-14(19)10-16(15)22-17(23)9-12(2)13-5-4-8-20-11-13;/h6-7,10,12-13,20H,3-5,8-9,11H2,1-2H3,(H,21,24)(H,22,23);1H. The Bertz CT molecular complexity index is 590. The van der Waals surface area contributed by atoms with Crippen LogP contribution in [0.2, 0.25) is 5.02 Å². The molecule has 1 aromatic rings. The van der Waals surface area contributed by atoms with Crippen molar-refractivity contribution in [3.8, 4) is 0 Å². The highest BCUT2D eigenvalue weighted by atomic mass is 35.5. The molecule has 1 aliphatic rings. The maximum absolute atomic E-state index is 12.4. The van der Waals surface area contributed by atoms with Gasteiger partial charge >= 0.3 is 0 Å². The summed E-state index contributed by atoms with van der Waals surface area (Å²) in [6.07, 6.45) is 2.75. The average Bonchev–Trinajstić information content (AvgIpc) is 2.55. The first-order valence-corrected chi connectivity index (χ1v) is 8.97. The Morgan fingerprint density at radius 3 is 2.80 bits per heavy atom. The van der Waals surface area contributed by atoms with E-state index in [-0.39, 0.29) is 24.2 Å². The minimum Gasteiger partial charge on any atom is -0.352 e. The van der Waals surface area contributed by atoms with E-state index in [4.69, 9.17) is 11.6 Å². The number of rotatable bonds is 6. The van der Waals surface area contributed by atoms with Gasteiger partial charge in [0.15, 0.2) is 0 Å². The summed E-state index contributed by atoms with van der Waals surface area (Å²) >= 11 is 6.02. The van der Waals surface area contributed by atoms with E-state index < -0.39 is 0 Å². The van der Waals surface area contributed by atoms with Crippen molar-refractivity contribution in [2.24, 2.45) is 11.8 Å². The normalized spacial score (nSPS) is 18.0. The summed E-state index contributed by atoms with van der Waals surface area (Å²) in [5, 5.41) is 9.47. The molecule has 2 unspecified atom stereocenters. The fourth-order valence-electron chi connectivity index (χ4n) is 3.10. The van der Waals surface area contributed by atoms with Crippen molar-refractivity contribution in [1.29, 1.82) is 0 Å². The number of nitrogens with one attached hydrogen (secondary N) is 3. The number of piperidine rings is 1. The largest absolute Gasteiger partial charge is 0.352 e. The molecule has 2 amide bonds. The van der Waals surface area contributed by atoms with E-state index in [0.29, 0.717) is 41.1 Å². The molecule has 2 rings (SSSR count). The highest BCUT2D eigenvalue weighted by Crippen LogP contribution is 2.25. The molecule has 7 heteroatoms. The summed E-state index contributed by atoms with van der Waals surface area (Å²) in [6, 6.07) is 4.91. The number of carbonyl (C=O) groups excluding carboxylic acids is 2. The molecule has 0 radical (unpaired) electrons. The lowest BCUT2D eigenvalue weighted by atomic mass is 9.85. The van der Waals surface area contributed by atoms with Crippen molar-refractivity contribution in [3.05, 3.63) is 28.8 Å². The first-order valence-electron chi connectivity index (χ1n) is 8.59. The molecule has 0 spiro atoms. The fourth-order valence-corrected chi connectivity index (χ4v) is 3.27. The second kappa shape index (κ2) is 10.6. The van der Waals surface area contributed by atoms with E-state index >= 15 is 0 Å². The summed E-state index contributed by atoms with van der Waals surface area (Å²) in [5.41, 5.74) is 0.897. The molecule has 0 aliphatic carbocycles. The van der Waals surface area contributed by atoms with Crippen LogP contribution in [0.5, 0.6) is 0 Å². The highest BCUT2D eigenvalue weighted by Gasteiger charge is 2.22. The lowest BCUT2D eigenvalue weighted by Gasteiger charge is -2.28. The quantitative estimate of drug-likeness (QED) is 0.699. The van der Waals surface area contributed by atoms with Crippen LogP contribution in [0, 0.1) is 11.8 Å². The smallest absolute Gasteiger partial charge is 0.253 e. The van der Waals surface area contributed by atoms with E-state index in [0.717, 1.165) is 25.9 Å². The van der Waals surface area contributed by atoms with Gasteiger partial charge in [-0.3, -0.25) is 9.59 Å². The van der Waals surface area contributed by atoms with Crippen LogP contribution in [0.15, 0.2) is 18.2 Å². The first-order chi connectivity index (χ1) is 11.5. The van der Waals surface area contributed by atoms with Gasteiger partial charge in [0.1, 0.15) is 0 Å². The van der Waals surface area contributed by atoms with Crippen LogP contribution in [0.1, 0.15) is 43.5 Å². The van der Waals surface area contributed by atoms with Gasteiger partial charge in [0.05, 0.1) is 11.3 Å². The molecule has 2 atom stereocenters. The maximum atomic E-state index is 12.4.